The van der Waals surface area contributed by atoms with Gasteiger partial charge in [-0.2, -0.15) is 0 Å². The fraction of sp³-hybridized carbons (Fsp3) is 1.00. The van der Waals surface area contributed by atoms with Crippen LogP contribution in [0.5, 0.6) is 0 Å². The van der Waals surface area contributed by atoms with Crippen LogP contribution in [-0.2, 0) is 0 Å². The van der Waals surface area contributed by atoms with E-state index in [1.54, 1.807) is 0 Å². The summed E-state index contributed by atoms with van der Waals surface area (Å²) >= 11 is 0. The van der Waals surface area contributed by atoms with Crippen LogP contribution in [0.25, 0.3) is 0 Å². The van der Waals surface area contributed by atoms with Crippen LogP contribution in [0.2, 0.25) is 0 Å². The summed E-state index contributed by atoms with van der Waals surface area (Å²) in [5.41, 5.74) is 5.67. The Morgan fingerprint density at radius 1 is 1.33 bits per heavy atom. The topological polar surface area (TPSA) is 29.3 Å². The van der Waals surface area contributed by atoms with E-state index in [0.29, 0.717) is 0 Å². The molecule has 0 aromatic rings. The summed E-state index contributed by atoms with van der Waals surface area (Å²) in [7, 11) is 0. The lowest BCUT2D eigenvalue weighted by Gasteiger charge is -2.35. The van der Waals surface area contributed by atoms with Crippen LogP contribution in [0.4, 0.5) is 0 Å². The summed E-state index contributed by atoms with van der Waals surface area (Å²) in [5, 5.41) is 0. The number of piperidine rings is 1. The van der Waals surface area contributed by atoms with Crippen molar-refractivity contribution in [1.82, 2.24) is 4.90 Å². The van der Waals surface area contributed by atoms with Gasteiger partial charge < -0.3 is 10.6 Å². The van der Waals surface area contributed by atoms with Crippen LogP contribution in [0.15, 0.2) is 0 Å². The second-order valence-corrected chi connectivity index (χ2v) is 5.30. The Balaban J connectivity index is 2.23. The van der Waals surface area contributed by atoms with Crippen molar-refractivity contribution in [3.8, 4) is 0 Å². The van der Waals surface area contributed by atoms with Crippen molar-refractivity contribution < 1.29 is 0 Å². The molecule has 0 saturated carbocycles. The number of nitrogens with two attached hydrogens (primary N) is 1. The molecule has 90 valence electrons. The van der Waals surface area contributed by atoms with Crippen molar-refractivity contribution in [2.45, 2.75) is 58.4 Å². The molecule has 0 bridgehead atoms. The maximum absolute atomic E-state index is 5.67. The standard InChI is InChI=1S/C13H28N2/c1-12(2)6-5-11-15-10-4-3-7-13(15)8-9-14/h12-13H,3-11,14H2,1-2H3. The Bertz CT molecular complexity index is 155. The Labute approximate surface area is 95.2 Å². The molecule has 1 aliphatic rings. The van der Waals surface area contributed by atoms with Gasteiger partial charge in [-0.25, -0.2) is 0 Å². The van der Waals surface area contributed by atoms with Gasteiger partial charge in [0.1, 0.15) is 0 Å². The molecule has 2 nitrogen and oxygen atoms in total. The van der Waals surface area contributed by atoms with Crippen molar-refractivity contribution in [3.05, 3.63) is 0 Å². The molecule has 1 heterocycles. The molecular weight excluding hydrogens is 184 g/mol. The minimum Gasteiger partial charge on any atom is -0.330 e. The quantitative estimate of drug-likeness (QED) is 0.733. The van der Waals surface area contributed by atoms with Gasteiger partial charge in [0, 0.05) is 6.04 Å². The van der Waals surface area contributed by atoms with Gasteiger partial charge in [-0.3, -0.25) is 0 Å². The van der Waals surface area contributed by atoms with Crippen molar-refractivity contribution in [2.75, 3.05) is 19.6 Å². The van der Waals surface area contributed by atoms with Gasteiger partial charge >= 0.3 is 0 Å². The van der Waals surface area contributed by atoms with E-state index >= 15 is 0 Å². The lowest BCUT2D eigenvalue weighted by atomic mass is 9.98. The second-order valence-electron chi connectivity index (χ2n) is 5.30. The lowest BCUT2D eigenvalue weighted by molar-refractivity contribution is 0.138. The van der Waals surface area contributed by atoms with E-state index in [1.165, 1.54) is 51.6 Å². The Morgan fingerprint density at radius 3 is 2.80 bits per heavy atom. The fourth-order valence-electron chi connectivity index (χ4n) is 2.58. The van der Waals surface area contributed by atoms with Gasteiger partial charge in [0.2, 0.25) is 0 Å². The Kier molecular flexibility index (Phi) is 6.26. The van der Waals surface area contributed by atoms with Gasteiger partial charge in [-0.15, -0.1) is 0 Å². The summed E-state index contributed by atoms with van der Waals surface area (Å²) in [6.07, 6.45) is 8.10. The summed E-state index contributed by atoms with van der Waals surface area (Å²) in [6.45, 7) is 8.08. The summed E-state index contributed by atoms with van der Waals surface area (Å²) < 4.78 is 0. The smallest absolute Gasteiger partial charge is 0.0107 e. The lowest BCUT2D eigenvalue weighted by Crippen LogP contribution is -2.41. The summed E-state index contributed by atoms with van der Waals surface area (Å²) in [5.74, 6) is 0.850. The molecule has 1 atom stereocenters. The maximum Gasteiger partial charge on any atom is 0.0107 e. The first-order chi connectivity index (χ1) is 7.24. The van der Waals surface area contributed by atoms with E-state index in [4.69, 9.17) is 5.73 Å². The van der Waals surface area contributed by atoms with Crippen LogP contribution in [-0.4, -0.2) is 30.6 Å². The van der Waals surface area contributed by atoms with E-state index < -0.39 is 0 Å². The molecule has 1 aliphatic heterocycles. The molecule has 0 radical (unpaired) electrons. The average molecular weight is 212 g/mol. The molecule has 1 fully saturated rings. The third-order valence-electron chi connectivity index (χ3n) is 3.48. The van der Waals surface area contributed by atoms with Gasteiger partial charge in [0.15, 0.2) is 0 Å². The van der Waals surface area contributed by atoms with Gasteiger partial charge in [-0.05, 0) is 57.7 Å². The second kappa shape index (κ2) is 7.24. The first-order valence-electron chi connectivity index (χ1n) is 6.68. The number of hydrogen-bond donors (Lipinski definition) is 1. The average Bonchev–Trinajstić information content (AvgIpc) is 2.20. The van der Waals surface area contributed by atoms with Crippen molar-refractivity contribution in [1.29, 1.82) is 0 Å². The van der Waals surface area contributed by atoms with E-state index in [9.17, 15) is 0 Å². The predicted octanol–water partition coefficient (Wildman–Crippen LogP) is 2.63. The molecular formula is C13H28N2. The van der Waals surface area contributed by atoms with Crippen molar-refractivity contribution >= 4 is 0 Å². The number of hydrogen-bond acceptors (Lipinski definition) is 2. The zero-order valence-electron chi connectivity index (χ0n) is 10.5. The first kappa shape index (κ1) is 13.0. The Hall–Kier alpha value is -0.0800. The minimum atomic E-state index is 0.788. The molecule has 0 aromatic heterocycles. The van der Waals surface area contributed by atoms with Crippen molar-refractivity contribution in [2.24, 2.45) is 11.7 Å². The fourth-order valence-corrected chi connectivity index (χ4v) is 2.58. The van der Waals surface area contributed by atoms with Crippen LogP contribution < -0.4 is 5.73 Å². The SMILES string of the molecule is CC(C)CCCN1CCCCC1CCN. The molecule has 0 aliphatic carbocycles. The van der Waals surface area contributed by atoms with Crippen molar-refractivity contribution in [3.63, 3.8) is 0 Å². The Morgan fingerprint density at radius 2 is 2.13 bits per heavy atom. The highest BCUT2D eigenvalue weighted by Gasteiger charge is 2.20. The number of likely N-dealkylation sites (tertiary alicyclic amines) is 1. The van der Waals surface area contributed by atoms with Crippen LogP contribution in [0.3, 0.4) is 0 Å². The monoisotopic (exact) mass is 212 g/mol. The molecule has 15 heavy (non-hydrogen) atoms. The first-order valence-corrected chi connectivity index (χ1v) is 6.68. The molecule has 0 spiro atoms. The third-order valence-corrected chi connectivity index (χ3v) is 3.48. The predicted molar refractivity (Wildman–Crippen MR) is 67.0 cm³/mol. The van der Waals surface area contributed by atoms with E-state index in [0.717, 1.165) is 18.5 Å². The van der Waals surface area contributed by atoms with Gasteiger partial charge in [0.05, 0.1) is 0 Å². The molecule has 2 heteroatoms. The van der Waals surface area contributed by atoms with E-state index in [2.05, 4.69) is 18.7 Å². The molecule has 0 amide bonds. The van der Waals surface area contributed by atoms with E-state index in [1.807, 2.05) is 0 Å². The largest absolute Gasteiger partial charge is 0.330 e. The van der Waals surface area contributed by atoms with Gasteiger partial charge in [-0.1, -0.05) is 20.3 Å². The molecule has 1 rings (SSSR count). The minimum absolute atomic E-state index is 0.788. The highest BCUT2D eigenvalue weighted by Crippen LogP contribution is 2.20. The van der Waals surface area contributed by atoms with Crippen LogP contribution in [0, 0.1) is 5.92 Å². The highest BCUT2D eigenvalue weighted by molar-refractivity contribution is 4.77. The number of rotatable bonds is 6. The van der Waals surface area contributed by atoms with Crippen LogP contribution in [0.1, 0.15) is 52.4 Å². The molecule has 1 unspecified atom stereocenters. The zero-order valence-corrected chi connectivity index (χ0v) is 10.5. The third kappa shape index (κ3) is 4.98. The maximum atomic E-state index is 5.67. The summed E-state index contributed by atoms with van der Waals surface area (Å²) in [6, 6.07) is 0.788. The zero-order chi connectivity index (χ0) is 11.1. The number of nitrogens with zero attached hydrogens (tertiary/aromatic N) is 1. The normalized spacial score (nSPS) is 23.6. The summed E-state index contributed by atoms with van der Waals surface area (Å²) in [4.78, 5) is 2.68. The molecule has 1 saturated heterocycles. The van der Waals surface area contributed by atoms with Gasteiger partial charge in [0.25, 0.3) is 0 Å². The highest BCUT2D eigenvalue weighted by atomic mass is 15.2. The van der Waals surface area contributed by atoms with E-state index in [-0.39, 0.29) is 0 Å². The molecule has 2 N–H and O–H groups in total. The molecule has 0 aromatic carbocycles. The van der Waals surface area contributed by atoms with Crippen LogP contribution >= 0.6 is 0 Å².